The first-order valence-electron chi connectivity index (χ1n) is 3.52. The van der Waals surface area contributed by atoms with Gasteiger partial charge in [-0.05, 0) is 24.6 Å². The summed E-state index contributed by atoms with van der Waals surface area (Å²) in [6.07, 6.45) is 4.23. The van der Waals surface area contributed by atoms with E-state index in [2.05, 4.69) is 4.98 Å². The SMILES string of the molecule is Cc1ccc(/C=C/C(=O)O)cn1. The van der Waals surface area contributed by atoms with Gasteiger partial charge in [-0.25, -0.2) is 4.79 Å². The Morgan fingerprint density at radius 2 is 2.33 bits per heavy atom. The highest BCUT2D eigenvalue weighted by Gasteiger charge is 1.89. The van der Waals surface area contributed by atoms with Crippen LogP contribution in [0.1, 0.15) is 11.3 Å². The molecule has 3 nitrogen and oxygen atoms in total. The molecule has 1 N–H and O–H groups in total. The second kappa shape index (κ2) is 3.67. The molecule has 1 heterocycles. The zero-order chi connectivity index (χ0) is 8.97. The number of rotatable bonds is 2. The zero-order valence-electron chi connectivity index (χ0n) is 6.69. The molecule has 0 spiro atoms. The maximum Gasteiger partial charge on any atom is 0.328 e. The predicted molar refractivity (Wildman–Crippen MR) is 45.6 cm³/mol. The van der Waals surface area contributed by atoms with Gasteiger partial charge in [-0.3, -0.25) is 4.98 Å². The van der Waals surface area contributed by atoms with Gasteiger partial charge >= 0.3 is 5.97 Å². The number of hydrogen-bond acceptors (Lipinski definition) is 2. The molecule has 12 heavy (non-hydrogen) atoms. The molecule has 0 saturated carbocycles. The fourth-order valence-electron chi connectivity index (χ4n) is 0.745. The minimum Gasteiger partial charge on any atom is -0.478 e. The van der Waals surface area contributed by atoms with Gasteiger partial charge in [0.25, 0.3) is 0 Å². The van der Waals surface area contributed by atoms with Gasteiger partial charge < -0.3 is 5.11 Å². The van der Waals surface area contributed by atoms with E-state index in [1.807, 2.05) is 19.1 Å². The third-order valence-corrected chi connectivity index (χ3v) is 1.35. The van der Waals surface area contributed by atoms with Gasteiger partial charge in [0.1, 0.15) is 0 Å². The van der Waals surface area contributed by atoms with Gasteiger partial charge in [-0.15, -0.1) is 0 Å². The van der Waals surface area contributed by atoms with Crippen LogP contribution in [0, 0.1) is 6.92 Å². The normalized spacial score (nSPS) is 10.4. The van der Waals surface area contributed by atoms with Crippen molar-refractivity contribution in [1.29, 1.82) is 0 Å². The lowest BCUT2D eigenvalue weighted by Crippen LogP contribution is -1.86. The molecule has 0 unspecified atom stereocenters. The molecule has 0 fully saturated rings. The molecule has 3 heteroatoms. The molecule has 0 atom stereocenters. The summed E-state index contributed by atoms with van der Waals surface area (Å²) in [6.45, 7) is 1.88. The number of aliphatic carboxylic acids is 1. The summed E-state index contributed by atoms with van der Waals surface area (Å²) in [4.78, 5) is 14.1. The molecule has 1 rings (SSSR count). The summed E-state index contributed by atoms with van der Waals surface area (Å²) in [7, 11) is 0. The molecule has 1 aromatic rings. The number of nitrogens with zero attached hydrogens (tertiary/aromatic N) is 1. The number of carboxylic acids is 1. The zero-order valence-corrected chi connectivity index (χ0v) is 6.69. The van der Waals surface area contributed by atoms with E-state index < -0.39 is 5.97 Å². The highest BCUT2D eigenvalue weighted by Crippen LogP contribution is 2.00. The van der Waals surface area contributed by atoms with Crippen LogP contribution in [0.5, 0.6) is 0 Å². The Morgan fingerprint density at radius 1 is 1.58 bits per heavy atom. The Bertz CT molecular complexity index is 301. The maximum atomic E-state index is 10.1. The van der Waals surface area contributed by atoms with Crippen molar-refractivity contribution in [2.45, 2.75) is 6.92 Å². The summed E-state index contributed by atoms with van der Waals surface area (Å²) in [5.41, 5.74) is 1.71. The van der Waals surface area contributed by atoms with Crippen LogP contribution >= 0.6 is 0 Å². The van der Waals surface area contributed by atoms with E-state index in [1.165, 1.54) is 6.08 Å². The number of pyridine rings is 1. The topological polar surface area (TPSA) is 50.2 Å². The first-order chi connectivity index (χ1) is 5.68. The Balaban J connectivity index is 2.77. The second-order valence-corrected chi connectivity index (χ2v) is 2.40. The number of aromatic nitrogens is 1. The lowest BCUT2D eigenvalue weighted by molar-refractivity contribution is -0.131. The lowest BCUT2D eigenvalue weighted by atomic mass is 10.2. The molecule has 0 radical (unpaired) electrons. The van der Waals surface area contributed by atoms with E-state index in [-0.39, 0.29) is 0 Å². The quantitative estimate of drug-likeness (QED) is 0.672. The van der Waals surface area contributed by atoms with Gasteiger partial charge in [0.15, 0.2) is 0 Å². The van der Waals surface area contributed by atoms with E-state index in [4.69, 9.17) is 5.11 Å². The van der Waals surface area contributed by atoms with E-state index in [0.29, 0.717) is 0 Å². The van der Waals surface area contributed by atoms with Gasteiger partial charge in [0.05, 0.1) is 0 Å². The summed E-state index contributed by atoms with van der Waals surface area (Å²) in [5.74, 6) is -0.949. The highest BCUT2D eigenvalue weighted by molar-refractivity contribution is 5.85. The first-order valence-corrected chi connectivity index (χ1v) is 3.52. The summed E-state index contributed by atoms with van der Waals surface area (Å²) < 4.78 is 0. The fourth-order valence-corrected chi connectivity index (χ4v) is 0.745. The molecular weight excluding hydrogens is 154 g/mol. The monoisotopic (exact) mass is 163 g/mol. The van der Waals surface area contributed by atoms with Crippen molar-refractivity contribution in [3.05, 3.63) is 35.7 Å². The average Bonchev–Trinajstić information content (AvgIpc) is 2.03. The molecule has 0 aliphatic rings. The lowest BCUT2D eigenvalue weighted by Gasteiger charge is -1.92. The second-order valence-electron chi connectivity index (χ2n) is 2.40. The third-order valence-electron chi connectivity index (χ3n) is 1.35. The number of hydrogen-bond donors (Lipinski definition) is 1. The van der Waals surface area contributed by atoms with Crippen molar-refractivity contribution in [1.82, 2.24) is 4.98 Å². The van der Waals surface area contributed by atoms with Crippen LogP contribution < -0.4 is 0 Å². The van der Waals surface area contributed by atoms with Gasteiger partial charge in [-0.2, -0.15) is 0 Å². The molecule has 0 saturated heterocycles. The minimum atomic E-state index is -0.949. The number of aryl methyl sites for hydroxylation is 1. The molecule has 62 valence electrons. The van der Waals surface area contributed by atoms with Crippen LogP contribution in [0.3, 0.4) is 0 Å². The van der Waals surface area contributed by atoms with Gasteiger partial charge in [0, 0.05) is 18.0 Å². The Labute approximate surface area is 70.4 Å². The largest absolute Gasteiger partial charge is 0.478 e. The van der Waals surface area contributed by atoms with Crippen LogP contribution in [0.15, 0.2) is 24.4 Å². The van der Waals surface area contributed by atoms with Crippen molar-refractivity contribution in [2.24, 2.45) is 0 Å². The molecule has 0 aliphatic carbocycles. The smallest absolute Gasteiger partial charge is 0.328 e. The first kappa shape index (κ1) is 8.46. The van der Waals surface area contributed by atoms with Gasteiger partial charge in [-0.1, -0.05) is 6.07 Å². The predicted octanol–water partition coefficient (Wildman–Crippen LogP) is 1.49. The number of carbonyl (C=O) groups is 1. The molecular formula is C9H9NO2. The van der Waals surface area contributed by atoms with Crippen LogP contribution in [0.4, 0.5) is 0 Å². The van der Waals surface area contributed by atoms with E-state index >= 15 is 0 Å². The van der Waals surface area contributed by atoms with Gasteiger partial charge in [0.2, 0.25) is 0 Å². The van der Waals surface area contributed by atoms with Crippen molar-refractivity contribution >= 4 is 12.0 Å². The standard InChI is InChI=1S/C9H9NO2/c1-7-2-3-8(6-10-7)4-5-9(11)12/h2-6H,1H3,(H,11,12)/b5-4+. The molecule has 0 amide bonds. The Kier molecular flexibility index (Phi) is 2.58. The van der Waals surface area contributed by atoms with Crippen molar-refractivity contribution in [3.8, 4) is 0 Å². The maximum absolute atomic E-state index is 10.1. The van der Waals surface area contributed by atoms with Crippen molar-refractivity contribution in [3.63, 3.8) is 0 Å². The highest BCUT2D eigenvalue weighted by atomic mass is 16.4. The summed E-state index contributed by atoms with van der Waals surface area (Å²) in [5, 5.41) is 8.32. The molecule has 0 bridgehead atoms. The third kappa shape index (κ3) is 2.54. The molecule has 0 aromatic carbocycles. The van der Waals surface area contributed by atoms with Crippen molar-refractivity contribution in [2.75, 3.05) is 0 Å². The fraction of sp³-hybridized carbons (Fsp3) is 0.111. The Morgan fingerprint density at radius 3 is 2.83 bits per heavy atom. The average molecular weight is 163 g/mol. The minimum absolute atomic E-state index is 0.794. The summed E-state index contributed by atoms with van der Waals surface area (Å²) >= 11 is 0. The van der Waals surface area contributed by atoms with Crippen LogP contribution in [-0.4, -0.2) is 16.1 Å². The van der Waals surface area contributed by atoms with Crippen molar-refractivity contribution < 1.29 is 9.90 Å². The number of carboxylic acid groups (broad SMARTS) is 1. The molecule has 1 aromatic heterocycles. The summed E-state index contributed by atoms with van der Waals surface area (Å²) in [6, 6.07) is 3.66. The van der Waals surface area contributed by atoms with Crippen LogP contribution in [-0.2, 0) is 4.79 Å². The van der Waals surface area contributed by atoms with E-state index in [0.717, 1.165) is 17.3 Å². The van der Waals surface area contributed by atoms with Crippen LogP contribution in [0.25, 0.3) is 6.08 Å². The Hall–Kier alpha value is -1.64. The molecule has 0 aliphatic heterocycles. The van der Waals surface area contributed by atoms with Crippen LogP contribution in [0.2, 0.25) is 0 Å². The van der Waals surface area contributed by atoms with E-state index in [1.54, 1.807) is 6.20 Å². The van der Waals surface area contributed by atoms with E-state index in [9.17, 15) is 4.79 Å².